The maximum Gasteiger partial charge on any atom is 0.224 e. The first kappa shape index (κ1) is 16.5. The van der Waals surface area contributed by atoms with Crippen LogP contribution in [0.25, 0.3) is 0 Å². The Morgan fingerprint density at radius 1 is 1.18 bits per heavy atom. The van der Waals surface area contributed by atoms with E-state index < -0.39 is 5.82 Å². The van der Waals surface area contributed by atoms with Crippen molar-refractivity contribution in [1.82, 2.24) is 0 Å². The summed E-state index contributed by atoms with van der Waals surface area (Å²) in [6.45, 7) is 4.30. The minimum absolute atomic E-state index is 0.00192. The van der Waals surface area contributed by atoms with Gasteiger partial charge in [-0.25, -0.2) is 4.39 Å². The first-order valence-corrected chi connectivity index (χ1v) is 7.67. The van der Waals surface area contributed by atoms with E-state index in [1.807, 2.05) is 0 Å². The van der Waals surface area contributed by atoms with Crippen molar-refractivity contribution in [3.63, 3.8) is 0 Å². The van der Waals surface area contributed by atoms with Gasteiger partial charge in [0.15, 0.2) is 0 Å². The van der Waals surface area contributed by atoms with Gasteiger partial charge in [0.05, 0.1) is 5.02 Å². The van der Waals surface area contributed by atoms with Gasteiger partial charge in [0.1, 0.15) is 5.82 Å². The Bertz CT molecular complexity index is 653. The van der Waals surface area contributed by atoms with Gasteiger partial charge >= 0.3 is 0 Å². The van der Waals surface area contributed by atoms with Gasteiger partial charge in [-0.2, -0.15) is 0 Å². The molecule has 0 unspecified atom stereocenters. The molecule has 22 heavy (non-hydrogen) atoms. The third kappa shape index (κ3) is 4.57. The predicted molar refractivity (Wildman–Crippen MR) is 88.9 cm³/mol. The molecule has 2 nitrogen and oxygen atoms in total. The summed E-state index contributed by atoms with van der Waals surface area (Å²) < 4.78 is 13.1. The molecule has 0 aliphatic carbocycles. The number of carbonyl (C=O) groups excluding carboxylic acids is 1. The number of rotatable bonds is 5. The number of carbonyl (C=O) groups is 1. The van der Waals surface area contributed by atoms with Gasteiger partial charge in [-0.3, -0.25) is 4.79 Å². The fourth-order valence-electron chi connectivity index (χ4n) is 2.12. The normalized spacial score (nSPS) is 10.8. The molecule has 1 amide bonds. The monoisotopic (exact) mass is 319 g/mol. The van der Waals surface area contributed by atoms with Crippen LogP contribution in [0.2, 0.25) is 5.02 Å². The van der Waals surface area contributed by atoms with Gasteiger partial charge in [0.25, 0.3) is 0 Å². The molecule has 0 aliphatic rings. The summed E-state index contributed by atoms with van der Waals surface area (Å²) in [7, 11) is 0. The highest BCUT2D eigenvalue weighted by molar-refractivity contribution is 6.31. The molecule has 4 heteroatoms. The van der Waals surface area contributed by atoms with Crippen LogP contribution in [0.15, 0.2) is 42.5 Å². The summed E-state index contributed by atoms with van der Waals surface area (Å²) in [4.78, 5) is 11.9. The molecule has 0 atom stereocenters. The molecular weight excluding hydrogens is 301 g/mol. The van der Waals surface area contributed by atoms with Crippen LogP contribution >= 0.6 is 11.6 Å². The van der Waals surface area contributed by atoms with E-state index in [0.717, 1.165) is 5.56 Å². The van der Waals surface area contributed by atoms with Gasteiger partial charge in [0, 0.05) is 12.1 Å². The third-order valence-corrected chi connectivity index (χ3v) is 3.78. The fourth-order valence-corrected chi connectivity index (χ4v) is 2.30. The standard InChI is InChI=1S/C18H19ClFNO/c1-12(2)14-6-3-13(4-7-14)5-10-18(22)21-15-8-9-17(20)16(19)11-15/h3-4,6-9,11-12H,5,10H2,1-2H3,(H,21,22). The Morgan fingerprint density at radius 2 is 1.86 bits per heavy atom. The molecule has 0 radical (unpaired) electrons. The molecule has 1 N–H and O–H groups in total. The molecule has 0 aliphatic heterocycles. The predicted octanol–water partition coefficient (Wildman–Crippen LogP) is 5.17. The Kier molecular flexibility index (Phi) is 5.56. The van der Waals surface area contributed by atoms with Crippen LogP contribution in [0.1, 0.15) is 37.3 Å². The first-order valence-electron chi connectivity index (χ1n) is 7.29. The number of benzene rings is 2. The van der Waals surface area contributed by atoms with Crippen molar-refractivity contribution < 1.29 is 9.18 Å². The van der Waals surface area contributed by atoms with Gasteiger partial charge in [-0.1, -0.05) is 49.7 Å². The molecular formula is C18H19ClFNO. The molecule has 2 rings (SSSR count). The van der Waals surface area contributed by atoms with Crippen LogP contribution < -0.4 is 5.32 Å². The van der Waals surface area contributed by atoms with Gasteiger partial charge in [0.2, 0.25) is 5.91 Å². The van der Waals surface area contributed by atoms with Crippen molar-refractivity contribution in [2.75, 3.05) is 5.32 Å². The number of hydrogen-bond acceptors (Lipinski definition) is 1. The summed E-state index contributed by atoms with van der Waals surface area (Å²) in [5, 5.41) is 2.72. The molecule has 0 saturated carbocycles. The number of nitrogens with one attached hydrogen (secondary N) is 1. The van der Waals surface area contributed by atoms with Crippen molar-refractivity contribution in [1.29, 1.82) is 0 Å². The number of aryl methyl sites for hydroxylation is 1. The summed E-state index contributed by atoms with van der Waals surface area (Å²) in [5.41, 5.74) is 2.91. The van der Waals surface area contributed by atoms with Crippen molar-refractivity contribution in [2.24, 2.45) is 0 Å². The van der Waals surface area contributed by atoms with E-state index >= 15 is 0 Å². The molecule has 2 aromatic rings. The molecule has 0 fully saturated rings. The molecule has 0 spiro atoms. The summed E-state index contributed by atoms with van der Waals surface area (Å²) in [6.07, 6.45) is 1.04. The van der Waals surface area contributed by atoms with Crippen molar-refractivity contribution in [3.8, 4) is 0 Å². The Hall–Kier alpha value is -1.87. The maximum atomic E-state index is 13.1. The lowest BCUT2D eigenvalue weighted by Gasteiger charge is -2.08. The average molecular weight is 320 g/mol. The van der Waals surface area contributed by atoms with Crippen LogP contribution in [-0.2, 0) is 11.2 Å². The molecule has 0 aromatic heterocycles. The van der Waals surface area contributed by atoms with E-state index in [1.165, 1.54) is 23.8 Å². The van der Waals surface area contributed by atoms with Crippen LogP contribution in [0, 0.1) is 5.82 Å². The molecule has 0 bridgehead atoms. The van der Waals surface area contributed by atoms with Crippen molar-refractivity contribution >= 4 is 23.2 Å². The van der Waals surface area contributed by atoms with E-state index in [2.05, 4.69) is 43.4 Å². The van der Waals surface area contributed by atoms with Gasteiger partial charge in [-0.15, -0.1) is 0 Å². The number of anilines is 1. The van der Waals surface area contributed by atoms with E-state index in [-0.39, 0.29) is 10.9 Å². The van der Waals surface area contributed by atoms with Gasteiger partial charge in [-0.05, 0) is 41.7 Å². The summed E-state index contributed by atoms with van der Waals surface area (Å²) >= 11 is 5.68. The number of halogens is 2. The van der Waals surface area contributed by atoms with E-state index in [1.54, 1.807) is 0 Å². The average Bonchev–Trinajstić information content (AvgIpc) is 2.49. The zero-order chi connectivity index (χ0) is 16.1. The zero-order valence-electron chi connectivity index (χ0n) is 12.7. The SMILES string of the molecule is CC(C)c1ccc(CCC(=O)Nc2ccc(F)c(Cl)c2)cc1. The van der Waals surface area contributed by atoms with Crippen LogP contribution in [0.3, 0.4) is 0 Å². The number of amides is 1. The second-order valence-corrected chi connectivity index (χ2v) is 5.98. The Labute approximate surface area is 135 Å². The van der Waals surface area contributed by atoms with E-state index in [0.29, 0.717) is 24.4 Å². The highest BCUT2D eigenvalue weighted by Gasteiger charge is 2.06. The fraction of sp³-hybridized carbons (Fsp3) is 0.278. The highest BCUT2D eigenvalue weighted by Crippen LogP contribution is 2.20. The smallest absolute Gasteiger partial charge is 0.224 e. The molecule has 2 aromatic carbocycles. The largest absolute Gasteiger partial charge is 0.326 e. The lowest BCUT2D eigenvalue weighted by molar-refractivity contribution is -0.116. The molecule has 116 valence electrons. The van der Waals surface area contributed by atoms with Crippen LogP contribution in [-0.4, -0.2) is 5.91 Å². The van der Waals surface area contributed by atoms with Crippen LogP contribution in [0.4, 0.5) is 10.1 Å². The van der Waals surface area contributed by atoms with E-state index in [4.69, 9.17) is 11.6 Å². The first-order chi connectivity index (χ1) is 10.5. The lowest BCUT2D eigenvalue weighted by atomic mass is 10.0. The quantitative estimate of drug-likeness (QED) is 0.809. The second kappa shape index (κ2) is 7.41. The number of hydrogen-bond donors (Lipinski definition) is 1. The molecule has 0 saturated heterocycles. The highest BCUT2D eigenvalue weighted by atomic mass is 35.5. The minimum Gasteiger partial charge on any atom is -0.326 e. The van der Waals surface area contributed by atoms with Crippen molar-refractivity contribution in [3.05, 3.63) is 64.4 Å². The third-order valence-electron chi connectivity index (χ3n) is 3.49. The summed E-state index contributed by atoms with van der Waals surface area (Å²) in [5.74, 6) is -0.110. The topological polar surface area (TPSA) is 29.1 Å². The van der Waals surface area contributed by atoms with Gasteiger partial charge < -0.3 is 5.32 Å². The van der Waals surface area contributed by atoms with Crippen molar-refractivity contribution in [2.45, 2.75) is 32.6 Å². The lowest BCUT2D eigenvalue weighted by Crippen LogP contribution is -2.12. The maximum absolute atomic E-state index is 13.1. The Balaban J connectivity index is 1.88. The zero-order valence-corrected chi connectivity index (χ0v) is 13.5. The van der Waals surface area contributed by atoms with E-state index in [9.17, 15) is 9.18 Å². The molecule has 0 heterocycles. The Morgan fingerprint density at radius 3 is 2.45 bits per heavy atom. The second-order valence-electron chi connectivity index (χ2n) is 5.57. The summed E-state index contributed by atoms with van der Waals surface area (Å²) in [6, 6.07) is 12.4. The minimum atomic E-state index is -0.495. The van der Waals surface area contributed by atoms with Crippen LogP contribution in [0.5, 0.6) is 0 Å².